The van der Waals surface area contributed by atoms with Gasteiger partial charge in [-0.2, -0.15) is 0 Å². The molecule has 1 aromatic carbocycles. The molecule has 0 bridgehead atoms. The number of imidazole rings is 1. The normalized spacial score (nSPS) is 12.3. The van der Waals surface area contributed by atoms with E-state index in [1.54, 1.807) is 19.1 Å². The predicted molar refractivity (Wildman–Crippen MR) is 70.6 cm³/mol. The number of nitrogens with zero attached hydrogens (tertiary/aromatic N) is 1. The molecule has 1 unspecified atom stereocenters. The van der Waals surface area contributed by atoms with Gasteiger partial charge < -0.3 is 16.0 Å². The molecule has 1 atom stereocenters. The number of amides is 1. The summed E-state index contributed by atoms with van der Waals surface area (Å²) in [4.78, 5) is 17.6. The number of fused-ring (bicyclic) bond motifs is 1. The molecular formula is C11H13ClF2N4O. The maximum Gasteiger partial charge on any atom is 0.295 e. The third kappa shape index (κ3) is 3.39. The quantitative estimate of drug-likeness (QED) is 0.810. The van der Waals surface area contributed by atoms with Gasteiger partial charge in [-0.15, -0.1) is 12.4 Å². The van der Waals surface area contributed by atoms with E-state index in [1.807, 2.05) is 0 Å². The van der Waals surface area contributed by atoms with Gasteiger partial charge in [0.05, 0.1) is 17.1 Å². The molecule has 104 valence electrons. The number of anilines is 1. The van der Waals surface area contributed by atoms with Gasteiger partial charge in [0.25, 0.3) is 6.43 Å². The van der Waals surface area contributed by atoms with Crippen molar-refractivity contribution >= 4 is 35.0 Å². The van der Waals surface area contributed by atoms with E-state index in [0.717, 1.165) is 0 Å². The Hall–Kier alpha value is -1.73. The standard InChI is InChI=1S/C11H12F2N4O.ClH/c1-5(14)11(18)15-6-2-3-7-8(4-6)17-10(16-7)9(12)13;/h2-5,9H,14H2,1H3,(H,15,18)(H,16,17);1H. The number of carbonyl (C=O) groups excluding carboxylic acids is 1. The van der Waals surface area contributed by atoms with E-state index in [-0.39, 0.29) is 24.1 Å². The number of aromatic amines is 1. The van der Waals surface area contributed by atoms with Crippen molar-refractivity contribution in [2.45, 2.75) is 19.4 Å². The summed E-state index contributed by atoms with van der Waals surface area (Å²) in [5.41, 5.74) is 6.75. The molecule has 1 amide bonds. The zero-order valence-corrected chi connectivity index (χ0v) is 10.8. The lowest BCUT2D eigenvalue weighted by Gasteiger charge is -2.07. The van der Waals surface area contributed by atoms with Crippen molar-refractivity contribution in [3.05, 3.63) is 24.0 Å². The summed E-state index contributed by atoms with van der Waals surface area (Å²) in [6.45, 7) is 1.55. The second-order valence-corrected chi connectivity index (χ2v) is 3.93. The molecule has 0 saturated heterocycles. The van der Waals surface area contributed by atoms with Crippen molar-refractivity contribution < 1.29 is 13.6 Å². The molecule has 0 fully saturated rings. The number of nitrogens with two attached hydrogens (primary N) is 1. The smallest absolute Gasteiger partial charge is 0.295 e. The fraction of sp³-hybridized carbons (Fsp3) is 0.273. The molecule has 4 N–H and O–H groups in total. The predicted octanol–water partition coefficient (Wildman–Crippen LogP) is 2.21. The Morgan fingerprint density at radius 3 is 2.74 bits per heavy atom. The Labute approximate surface area is 114 Å². The van der Waals surface area contributed by atoms with Crippen molar-refractivity contribution in [1.29, 1.82) is 0 Å². The number of rotatable bonds is 3. The third-order valence-corrected chi connectivity index (χ3v) is 2.39. The van der Waals surface area contributed by atoms with Gasteiger partial charge in [-0.05, 0) is 25.1 Å². The first-order valence-corrected chi connectivity index (χ1v) is 5.31. The molecular weight excluding hydrogens is 278 g/mol. The summed E-state index contributed by atoms with van der Waals surface area (Å²) in [5.74, 6) is -0.733. The van der Waals surface area contributed by atoms with E-state index >= 15 is 0 Å². The van der Waals surface area contributed by atoms with E-state index in [9.17, 15) is 13.6 Å². The summed E-state index contributed by atoms with van der Waals surface area (Å²) in [5, 5.41) is 2.57. The third-order valence-electron chi connectivity index (χ3n) is 2.39. The minimum absolute atomic E-state index is 0. The van der Waals surface area contributed by atoms with Gasteiger partial charge in [0, 0.05) is 5.69 Å². The van der Waals surface area contributed by atoms with Crippen molar-refractivity contribution in [2.75, 3.05) is 5.32 Å². The summed E-state index contributed by atoms with van der Waals surface area (Å²) in [7, 11) is 0. The molecule has 8 heteroatoms. The highest BCUT2D eigenvalue weighted by Crippen LogP contribution is 2.22. The van der Waals surface area contributed by atoms with Crippen LogP contribution in [0.1, 0.15) is 19.2 Å². The van der Waals surface area contributed by atoms with Gasteiger partial charge in [0.1, 0.15) is 0 Å². The molecule has 1 heterocycles. The summed E-state index contributed by atoms with van der Waals surface area (Å²) in [6.07, 6.45) is -2.65. The number of aromatic nitrogens is 2. The molecule has 2 rings (SSSR count). The number of nitrogens with one attached hydrogen (secondary N) is 2. The molecule has 0 aliphatic carbocycles. The van der Waals surface area contributed by atoms with Gasteiger partial charge >= 0.3 is 0 Å². The second-order valence-electron chi connectivity index (χ2n) is 3.93. The van der Waals surface area contributed by atoms with Crippen LogP contribution >= 0.6 is 12.4 Å². The molecule has 2 aromatic rings. The van der Waals surface area contributed by atoms with Gasteiger partial charge in [0.2, 0.25) is 5.91 Å². The molecule has 1 aromatic heterocycles. The molecule has 0 radical (unpaired) electrons. The van der Waals surface area contributed by atoms with Gasteiger partial charge in [-0.1, -0.05) is 0 Å². The topological polar surface area (TPSA) is 83.8 Å². The van der Waals surface area contributed by atoms with Crippen molar-refractivity contribution in [3.63, 3.8) is 0 Å². The zero-order valence-electron chi connectivity index (χ0n) is 9.98. The van der Waals surface area contributed by atoms with E-state index in [4.69, 9.17) is 5.73 Å². The van der Waals surface area contributed by atoms with Crippen LogP contribution in [0.5, 0.6) is 0 Å². The van der Waals surface area contributed by atoms with Crippen molar-refractivity contribution in [2.24, 2.45) is 5.73 Å². The van der Waals surface area contributed by atoms with Gasteiger partial charge in [-0.3, -0.25) is 4.79 Å². The lowest BCUT2D eigenvalue weighted by molar-refractivity contribution is -0.117. The van der Waals surface area contributed by atoms with Crippen LogP contribution in [-0.2, 0) is 4.79 Å². The number of halogens is 3. The maximum atomic E-state index is 12.4. The number of hydrogen-bond acceptors (Lipinski definition) is 3. The number of carbonyl (C=O) groups is 1. The van der Waals surface area contributed by atoms with Gasteiger partial charge in [0.15, 0.2) is 5.82 Å². The van der Waals surface area contributed by atoms with Crippen LogP contribution in [0.25, 0.3) is 11.0 Å². The van der Waals surface area contributed by atoms with E-state index < -0.39 is 12.5 Å². The molecule has 5 nitrogen and oxygen atoms in total. The largest absolute Gasteiger partial charge is 0.337 e. The first-order chi connectivity index (χ1) is 8.47. The Balaban J connectivity index is 0.00000180. The minimum atomic E-state index is -2.65. The number of H-pyrrole nitrogens is 1. The van der Waals surface area contributed by atoms with Crippen LogP contribution in [0.2, 0.25) is 0 Å². The highest BCUT2D eigenvalue weighted by molar-refractivity contribution is 5.96. The highest BCUT2D eigenvalue weighted by Gasteiger charge is 2.13. The Morgan fingerprint density at radius 1 is 1.47 bits per heavy atom. The Bertz CT molecular complexity index is 585. The van der Waals surface area contributed by atoms with E-state index in [2.05, 4.69) is 15.3 Å². The highest BCUT2D eigenvalue weighted by atomic mass is 35.5. The zero-order chi connectivity index (χ0) is 13.3. The Morgan fingerprint density at radius 2 is 2.16 bits per heavy atom. The summed E-state index contributed by atoms with van der Waals surface area (Å²) < 4.78 is 24.9. The fourth-order valence-electron chi connectivity index (χ4n) is 1.47. The lowest BCUT2D eigenvalue weighted by atomic mass is 10.2. The van der Waals surface area contributed by atoms with E-state index in [0.29, 0.717) is 16.7 Å². The van der Waals surface area contributed by atoms with Crippen molar-refractivity contribution in [1.82, 2.24) is 9.97 Å². The first-order valence-electron chi connectivity index (χ1n) is 5.31. The number of hydrogen-bond donors (Lipinski definition) is 3. The molecule has 0 aliphatic heterocycles. The van der Waals surface area contributed by atoms with Crippen molar-refractivity contribution in [3.8, 4) is 0 Å². The van der Waals surface area contributed by atoms with Crippen LogP contribution in [0.4, 0.5) is 14.5 Å². The number of alkyl halides is 2. The Kier molecular flexibility index (Phi) is 4.79. The number of benzene rings is 1. The molecule has 19 heavy (non-hydrogen) atoms. The fourth-order valence-corrected chi connectivity index (χ4v) is 1.47. The second kappa shape index (κ2) is 5.94. The van der Waals surface area contributed by atoms with Crippen LogP contribution in [0.15, 0.2) is 18.2 Å². The SMILES string of the molecule is CC(N)C(=O)Nc1ccc2nc(C(F)F)[nH]c2c1.Cl. The lowest BCUT2D eigenvalue weighted by Crippen LogP contribution is -2.32. The van der Waals surface area contributed by atoms with Crippen LogP contribution in [-0.4, -0.2) is 21.9 Å². The molecule has 0 spiro atoms. The average Bonchev–Trinajstić information content (AvgIpc) is 2.71. The summed E-state index contributed by atoms with van der Waals surface area (Å²) >= 11 is 0. The van der Waals surface area contributed by atoms with Crippen LogP contribution < -0.4 is 11.1 Å². The van der Waals surface area contributed by atoms with Crippen LogP contribution in [0, 0.1) is 0 Å². The van der Waals surface area contributed by atoms with Crippen LogP contribution in [0.3, 0.4) is 0 Å². The molecule has 0 saturated carbocycles. The summed E-state index contributed by atoms with van der Waals surface area (Å²) in [6, 6.07) is 4.03. The first kappa shape index (κ1) is 15.3. The van der Waals surface area contributed by atoms with Gasteiger partial charge in [-0.25, -0.2) is 13.8 Å². The molecule has 0 aliphatic rings. The minimum Gasteiger partial charge on any atom is -0.337 e. The monoisotopic (exact) mass is 290 g/mol. The maximum absolute atomic E-state index is 12.4. The van der Waals surface area contributed by atoms with E-state index in [1.165, 1.54) is 6.07 Å². The average molecular weight is 291 g/mol.